The van der Waals surface area contributed by atoms with Crippen molar-refractivity contribution >= 4 is 43.6 Å². The summed E-state index contributed by atoms with van der Waals surface area (Å²) < 4.78 is 12.1. The van der Waals surface area contributed by atoms with Gasteiger partial charge in [-0.05, 0) is 56.8 Å². The van der Waals surface area contributed by atoms with E-state index < -0.39 is 13.7 Å². The molecule has 0 unspecified atom stereocenters. The molecule has 1 saturated heterocycles. The summed E-state index contributed by atoms with van der Waals surface area (Å²) in [6.07, 6.45) is 4.29. The molecule has 4 heterocycles. The van der Waals surface area contributed by atoms with Crippen LogP contribution in [0.15, 0.2) is 41.7 Å². The number of ether oxygens (including phenoxy) is 1. The van der Waals surface area contributed by atoms with Gasteiger partial charge in [-0.1, -0.05) is 51.1 Å². The van der Waals surface area contributed by atoms with E-state index in [-0.39, 0.29) is 23.2 Å². The van der Waals surface area contributed by atoms with Crippen LogP contribution in [0.4, 0.5) is 22.2 Å². The maximum absolute atomic E-state index is 12.5. The van der Waals surface area contributed by atoms with Crippen LogP contribution >= 0.6 is 11.8 Å². The van der Waals surface area contributed by atoms with Crippen molar-refractivity contribution in [1.82, 2.24) is 15.0 Å². The molecule has 4 rings (SSSR count). The zero-order valence-corrected chi connectivity index (χ0v) is 26.0. The number of cyclic esters (lactones) is 1. The van der Waals surface area contributed by atoms with Crippen molar-refractivity contribution in [3.63, 3.8) is 0 Å². The van der Waals surface area contributed by atoms with E-state index in [1.165, 1.54) is 11.8 Å². The third-order valence-corrected chi connectivity index (χ3v) is 13.2. The number of pyridine rings is 1. The van der Waals surface area contributed by atoms with Crippen LogP contribution in [-0.4, -0.2) is 60.9 Å². The Hall–Kier alpha value is -2.43. The summed E-state index contributed by atoms with van der Waals surface area (Å²) >= 11 is 1.51. The quantitative estimate of drug-likeness (QED) is 0.154. The fourth-order valence-electron chi connectivity index (χ4n) is 4.81. The molecule has 2 aromatic rings. The van der Waals surface area contributed by atoms with Crippen LogP contribution in [0.1, 0.15) is 53.5 Å². The zero-order valence-electron chi connectivity index (χ0n) is 24.2. The van der Waals surface area contributed by atoms with Crippen molar-refractivity contribution in [3.05, 3.63) is 42.1 Å². The second-order valence-corrected chi connectivity index (χ2v) is 17.8. The van der Waals surface area contributed by atoms with Gasteiger partial charge < -0.3 is 14.1 Å². The number of hydrogen-bond acceptors (Lipinski definition) is 8. The lowest BCUT2D eigenvalue weighted by atomic mass is 9.78. The average Bonchev–Trinajstić information content (AvgIpc) is 3.30. The van der Waals surface area contributed by atoms with Gasteiger partial charge in [0.05, 0.1) is 12.1 Å². The number of carbonyl (C=O) groups is 1. The minimum Gasteiger partial charge on any atom is -0.447 e. The van der Waals surface area contributed by atoms with Crippen molar-refractivity contribution in [2.24, 2.45) is 0 Å². The summed E-state index contributed by atoms with van der Waals surface area (Å²) in [6.45, 7) is 22.8. The Morgan fingerprint density at radius 1 is 1.26 bits per heavy atom. The lowest BCUT2D eigenvalue weighted by Gasteiger charge is -2.42. The summed E-state index contributed by atoms with van der Waals surface area (Å²) in [5.74, 6) is 2.13. The van der Waals surface area contributed by atoms with Gasteiger partial charge >= 0.3 is 6.09 Å². The van der Waals surface area contributed by atoms with Gasteiger partial charge in [-0.25, -0.2) is 19.7 Å². The SMILES string of the molecule is C=C(C)C[C@H]1N(c2cccc(N3C(=O)OC[C@@H]3C)n2)c2nc(SC)ncc2[C@@]1(C)CO[Si](C)(C)C(C)(C)C. The fraction of sp³-hybridized carbons (Fsp3) is 0.571. The first kappa shape index (κ1) is 28.6. The summed E-state index contributed by atoms with van der Waals surface area (Å²) in [5.41, 5.74) is 1.71. The van der Waals surface area contributed by atoms with Gasteiger partial charge in [0.1, 0.15) is 24.1 Å². The van der Waals surface area contributed by atoms with Gasteiger partial charge in [0, 0.05) is 23.8 Å². The lowest BCUT2D eigenvalue weighted by molar-refractivity contribution is 0.179. The first-order valence-electron chi connectivity index (χ1n) is 13.1. The third-order valence-electron chi connectivity index (χ3n) is 8.20. The molecule has 8 nitrogen and oxygen atoms in total. The molecule has 206 valence electrons. The molecule has 38 heavy (non-hydrogen) atoms. The Kier molecular flexibility index (Phi) is 7.73. The van der Waals surface area contributed by atoms with E-state index in [0.29, 0.717) is 24.2 Å². The summed E-state index contributed by atoms with van der Waals surface area (Å²) in [6, 6.07) is 5.63. The van der Waals surface area contributed by atoms with Crippen LogP contribution in [0.2, 0.25) is 18.1 Å². The highest BCUT2D eigenvalue weighted by Gasteiger charge is 2.52. The second-order valence-electron chi connectivity index (χ2n) is 12.3. The molecule has 10 heteroatoms. The predicted octanol–water partition coefficient (Wildman–Crippen LogP) is 6.70. The molecule has 0 bridgehead atoms. The van der Waals surface area contributed by atoms with Crippen molar-refractivity contribution < 1.29 is 14.0 Å². The van der Waals surface area contributed by atoms with E-state index in [1.54, 1.807) is 4.90 Å². The van der Waals surface area contributed by atoms with E-state index in [1.807, 2.05) is 37.6 Å². The predicted molar refractivity (Wildman–Crippen MR) is 157 cm³/mol. The van der Waals surface area contributed by atoms with Gasteiger partial charge in [0.2, 0.25) is 0 Å². The van der Waals surface area contributed by atoms with Crippen molar-refractivity contribution in [3.8, 4) is 0 Å². The van der Waals surface area contributed by atoms with Crippen molar-refractivity contribution in [2.75, 3.05) is 29.3 Å². The minimum absolute atomic E-state index is 0.0446. The van der Waals surface area contributed by atoms with Crippen LogP contribution in [0.3, 0.4) is 0 Å². The highest BCUT2D eigenvalue weighted by atomic mass is 32.2. The van der Waals surface area contributed by atoms with Crippen LogP contribution in [0.25, 0.3) is 0 Å². The molecule has 3 atom stereocenters. The largest absolute Gasteiger partial charge is 0.447 e. The number of amides is 1. The number of nitrogens with zero attached hydrogens (tertiary/aromatic N) is 5. The highest BCUT2D eigenvalue weighted by Crippen LogP contribution is 2.51. The monoisotopic (exact) mass is 555 g/mol. The van der Waals surface area contributed by atoms with E-state index in [0.717, 1.165) is 29.2 Å². The number of aromatic nitrogens is 3. The van der Waals surface area contributed by atoms with E-state index in [4.69, 9.17) is 19.1 Å². The van der Waals surface area contributed by atoms with Crippen molar-refractivity contribution in [1.29, 1.82) is 0 Å². The molecule has 2 aliphatic heterocycles. The number of rotatable bonds is 8. The van der Waals surface area contributed by atoms with E-state index >= 15 is 0 Å². The summed E-state index contributed by atoms with van der Waals surface area (Å²) in [5, 5.41) is 0.787. The van der Waals surface area contributed by atoms with Crippen LogP contribution in [-0.2, 0) is 14.6 Å². The Morgan fingerprint density at radius 3 is 2.47 bits per heavy atom. The van der Waals surface area contributed by atoms with E-state index in [2.05, 4.69) is 64.2 Å². The average molecular weight is 556 g/mol. The minimum atomic E-state index is -2.03. The smallest absolute Gasteiger partial charge is 0.415 e. The normalized spacial score (nSPS) is 23.6. The molecule has 0 aliphatic carbocycles. The molecule has 0 aromatic carbocycles. The standard InChI is InChI=1S/C28H41N5O3SSi/c1-18(2)14-21-28(7,17-36-38(9,10)27(4,5)6)20-15-29-25(37-8)31-24(20)33(21)23-13-11-12-22(30-23)32-19(3)16-35-26(32)34/h11-13,15,19,21H,1,14,16-17H2,2-10H3/t19-,21+,28+/m0/s1. The summed E-state index contributed by atoms with van der Waals surface area (Å²) in [4.78, 5) is 30.9. The summed E-state index contributed by atoms with van der Waals surface area (Å²) in [7, 11) is -2.03. The lowest BCUT2D eigenvalue weighted by Crippen LogP contribution is -2.49. The fourth-order valence-corrected chi connectivity index (χ4v) is 6.23. The molecule has 0 N–H and O–H groups in total. The zero-order chi connectivity index (χ0) is 28.0. The molecule has 1 fully saturated rings. The van der Waals surface area contributed by atoms with Crippen LogP contribution < -0.4 is 9.80 Å². The van der Waals surface area contributed by atoms with Gasteiger partial charge in [0.15, 0.2) is 13.5 Å². The molecule has 1 amide bonds. The first-order chi connectivity index (χ1) is 17.7. The Balaban J connectivity index is 1.84. The second kappa shape index (κ2) is 10.3. The number of carbonyl (C=O) groups excluding carboxylic acids is 1. The van der Waals surface area contributed by atoms with Crippen molar-refractivity contribution in [2.45, 2.75) is 88.8 Å². The van der Waals surface area contributed by atoms with Crippen LogP contribution in [0, 0.1) is 0 Å². The number of hydrogen-bond donors (Lipinski definition) is 0. The molecular weight excluding hydrogens is 514 g/mol. The Bertz CT molecular complexity index is 1230. The maximum Gasteiger partial charge on any atom is 0.415 e. The molecule has 0 radical (unpaired) electrons. The molecule has 0 spiro atoms. The third kappa shape index (κ3) is 5.10. The molecule has 2 aromatic heterocycles. The number of fused-ring (bicyclic) bond motifs is 1. The molecule has 0 saturated carbocycles. The van der Waals surface area contributed by atoms with Crippen LogP contribution in [0.5, 0.6) is 0 Å². The molecule has 2 aliphatic rings. The Morgan fingerprint density at radius 2 is 1.92 bits per heavy atom. The highest BCUT2D eigenvalue weighted by molar-refractivity contribution is 7.98. The first-order valence-corrected chi connectivity index (χ1v) is 17.2. The molecular formula is C28H41N5O3SSi. The van der Waals surface area contributed by atoms with Gasteiger partial charge in [-0.2, -0.15) is 0 Å². The maximum atomic E-state index is 12.5. The van der Waals surface area contributed by atoms with Gasteiger partial charge in [0.25, 0.3) is 0 Å². The topological polar surface area (TPSA) is 80.7 Å². The number of thioether (sulfide) groups is 1. The van der Waals surface area contributed by atoms with Gasteiger partial charge in [-0.15, -0.1) is 6.58 Å². The Labute approximate surface area is 232 Å². The number of anilines is 3. The van der Waals surface area contributed by atoms with Gasteiger partial charge in [-0.3, -0.25) is 4.90 Å². The van der Waals surface area contributed by atoms with E-state index in [9.17, 15) is 4.79 Å².